The van der Waals surface area contributed by atoms with Crippen LogP contribution in [-0.4, -0.2) is 53.6 Å². The van der Waals surface area contributed by atoms with E-state index in [0.29, 0.717) is 6.04 Å². The predicted octanol–water partition coefficient (Wildman–Crippen LogP) is 3.24. The zero-order valence-corrected chi connectivity index (χ0v) is 14.9. The zero-order chi connectivity index (χ0) is 17.1. The standard InChI is InChI=1S/C20H27N3O2/c1-23(18-7-10-25-20(14-18)8-11-24-12-9-20)15-17-13-19(22-21-17)16-5-3-2-4-6-16/h2-6,13,18H,7-12,14-15H2,1H3,(H,21,22)/t18-/m1/s1. The van der Waals surface area contributed by atoms with Gasteiger partial charge in [-0.15, -0.1) is 0 Å². The first-order chi connectivity index (χ1) is 12.2. The summed E-state index contributed by atoms with van der Waals surface area (Å²) in [7, 11) is 2.21. The summed E-state index contributed by atoms with van der Waals surface area (Å²) in [6.07, 6.45) is 4.25. The number of nitrogens with zero attached hydrogens (tertiary/aromatic N) is 2. The van der Waals surface area contributed by atoms with E-state index >= 15 is 0 Å². The van der Waals surface area contributed by atoms with Crippen molar-refractivity contribution in [2.45, 2.75) is 43.9 Å². The van der Waals surface area contributed by atoms with E-state index in [1.807, 2.05) is 18.2 Å². The van der Waals surface area contributed by atoms with Crippen LogP contribution in [0.15, 0.2) is 36.4 Å². The molecule has 2 aliphatic rings. The molecule has 0 aliphatic carbocycles. The Morgan fingerprint density at radius 2 is 2.00 bits per heavy atom. The van der Waals surface area contributed by atoms with Crippen molar-refractivity contribution in [3.63, 3.8) is 0 Å². The number of ether oxygens (including phenoxy) is 2. The highest BCUT2D eigenvalue weighted by Crippen LogP contribution is 2.36. The lowest BCUT2D eigenvalue weighted by molar-refractivity contribution is -0.150. The molecule has 4 rings (SSSR count). The summed E-state index contributed by atoms with van der Waals surface area (Å²) < 4.78 is 11.7. The highest BCUT2D eigenvalue weighted by atomic mass is 16.5. The average molecular weight is 341 g/mol. The number of benzene rings is 1. The van der Waals surface area contributed by atoms with Crippen molar-refractivity contribution < 1.29 is 9.47 Å². The van der Waals surface area contributed by atoms with Gasteiger partial charge in [0.05, 0.1) is 11.3 Å². The van der Waals surface area contributed by atoms with E-state index in [2.05, 4.69) is 40.3 Å². The smallest absolute Gasteiger partial charge is 0.0924 e. The third-order valence-corrected chi connectivity index (χ3v) is 5.61. The van der Waals surface area contributed by atoms with Gasteiger partial charge < -0.3 is 9.47 Å². The van der Waals surface area contributed by atoms with Crippen molar-refractivity contribution in [2.75, 3.05) is 26.9 Å². The third kappa shape index (κ3) is 3.78. The number of hydrogen-bond donors (Lipinski definition) is 1. The van der Waals surface area contributed by atoms with Gasteiger partial charge in [-0.25, -0.2) is 0 Å². The average Bonchev–Trinajstić information content (AvgIpc) is 3.12. The highest BCUT2D eigenvalue weighted by Gasteiger charge is 2.40. The van der Waals surface area contributed by atoms with Gasteiger partial charge in [-0.2, -0.15) is 5.10 Å². The van der Waals surface area contributed by atoms with Crippen molar-refractivity contribution in [2.24, 2.45) is 0 Å². The molecule has 5 nitrogen and oxygen atoms in total. The molecule has 2 aromatic rings. The number of nitrogens with one attached hydrogen (secondary N) is 1. The normalized spacial score (nSPS) is 23.2. The van der Waals surface area contributed by atoms with E-state index in [-0.39, 0.29) is 5.60 Å². The Balaban J connectivity index is 1.40. The van der Waals surface area contributed by atoms with Gasteiger partial charge in [0.2, 0.25) is 0 Å². The number of hydrogen-bond acceptors (Lipinski definition) is 4. The topological polar surface area (TPSA) is 50.4 Å². The molecule has 0 amide bonds. The van der Waals surface area contributed by atoms with Gasteiger partial charge in [-0.3, -0.25) is 10.00 Å². The fraction of sp³-hybridized carbons (Fsp3) is 0.550. The molecule has 0 unspecified atom stereocenters. The molecule has 0 bridgehead atoms. The van der Waals surface area contributed by atoms with Gasteiger partial charge >= 0.3 is 0 Å². The molecule has 3 heterocycles. The molecule has 5 heteroatoms. The molecule has 2 aliphatic heterocycles. The minimum absolute atomic E-state index is 0.0403. The predicted molar refractivity (Wildman–Crippen MR) is 97.2 cm³/mol. The molecule has 25 heavy (non-hydrogen) atoms. The van der Waals surface area contributed by atoms with Crippen molar-refractivity contribution in [1.29, 1.82) is 0 Å². The number of rotatable bonds is 4. The van der Waals surface area contributed by atoms with Crippen LogP contribution in [0.2, 0.25) is 0 Å². The van der Waals surface area contributed by atoms with E-state index in [0.717, 1.165) is 69.0 Å². The second-order valence-corrected chi connectivity index (χ2v) is 7.35. The van der Waals surface area contributed by atoms with Crippen LogP contribution in [0.1, 0.15) is 31.4 Å². The lowest BCUT2D eigenvalue weighted by Gasteiger charge is -2.45. The minimum atomic E-state index is 0.0403. The van der Waals surface area contributed by atoms with Crippen LogP contribution in [0.5, 0.6) is 0 Å². The molecule has 2 saturated heterocycles. The molecule has 1 atom stereocenters. The fourth-order valence-corrected chi connectivity index (χ4v) is 4.07. The second kappa shape index (κ2) is 7.28. The molecule has 134 valence electrons. The van der Waals surface area contributed by atoms with Crippen molar-refractivity contribution in [3.05, 3.63) is 42.1 Å². The van der Waals surface area contributed by atoms with Gasteiger partial charge in [-0.1, -0.05) is 30.3 Å². The SMILES string of the molecule is CN(Cc1cc(-c2ccccc2)n[nH]1)[C@@H]1CCOC2(CCOCC2)C1. The zero-order valence-electron chi connectivity index (χ0n) is 14.9. The van der Waals surface area contributed by atoms with Crippen LogP contribution in [-0.2, 0) is 16.0 Å². The first kappa shape index (κ1) is 16.8. The van der Waals surface area contributed by atoms with Crippen LogP contribution in [0.3, 0.4) is 0 Å². The molecule has 1 aromatic carbocycles. The minimum Gasteiger partial charge on any atom is -0.381 e. The maximum Gasteiger partial charge on any atom is 0.0924 e. The number of aromatic amines is 1. The van der Waals surface area contributed by atoms with Crippen molar-refractivity contribution in [1.82, 2.24) is 15.1 Å². The molecule has 1 N–H and O–H groups in total. The molecule has 1 aromatic heterocycles. The summed E-state index contributed by atoms with van der Waals surface area (Å²) in [5.41, 5.74) is 3.36. The Morgan fingerprint density at radius 3 is 2.80 bits per heavy atom. The van der Waals surface area contributed by atoms with Gasteiger partial charge in [0, 0.05) is 43.7 Å². The molecule has 2 fully saturated rings. The van der Waals surface area contributed by atoms with Crippen LogP contribution < -0.4 is 0 Å². The van der Waals surface area contributed by atoms with Crippen LogP contribution in [0.25, 0.3) is 11.3 Å². The summed E-state index contributed by atoms with van der Waals surface area (Å²) in [6, 6.07) is 13.0. The summed E-state index contributed by atoms with van der Waals surface area (Å²) in [5, 5.41) is 7.68. The Hall–Kier alpha value is -1.69. The molecule has 0 saturated carbocycles. The van der Waals surface area contributed by atoms with Gasteiger partial charge in [0.25, 0.3) is 0 Å². The third-order valence-electron chi connectivity index (χ3n) is 5.61. The van der Waals surface area contributed by atoms with Gasteiger partial charge in [-0.05, 0) is 38.8 Å². The van der Waals surface area contributed by atoms with E-state index in [1.54, 1.807) is 0 Å². The Bertz CT molecular complexity index is 674. The van der Waals surface area contributed by atoms with E-state index < -0.39 is 0 Å². The second-order valence-electron chi connectivity index (χ2n) is 7.35. The maximum atomic E-state index is 6.17. The summed E-state index contributed by atoms with van der Waals surface area (Å²) in [6.45, 7) is 3.40. The molecular weight excluding hydrogens is 314 g/mol. The Morgan fingerprint density at radius 1 is 1.20 bits per heavy atom. The maximum absolute atomic E-state index is 6.17. The number of H-pyrrole nitrogens is 1. The summed E-state index contributed by atoms with van der Waals surface area (Å²) in [4.78, 5) is 2.45. The summed E-state index contributed by atoms with van der Waals surface area (Å²) in [5.74, 6) is 0. The van der Waals surface area contributed by atoms with E-state index in [9.17, 15) is 0 Å². The monoisotopic (exact) mass is 341 g/mol. The Kier molecular flexibility index (Phi) is 4.88. The van der Waals surface area contributed by atoms with Crippen molar-refractivity contribution in [3.8, 4) is 11.3 Å². The van der Waals surface area contributed by atoms with Gasteiger partial charge in [0.1, 0.15) is 0 Å². The lowest BCUT2D eigenvalue weighted by atomic mass is 9.83. The van der Waals surface area contributed by atoms with Crippen LogP contribution in [0, 0.1) is 0 Å². The first-order valence-electron chi connectivity index (χ1n) is 9.26. The van der Waals surface area contributed by atoms with Gasteiger partial charge in [0.15, 0.2) is 0 Å². The molecular formula is C20H27N3O2. The van der Waals surface area contributed by atoms with Crippen LogP contribution >= 0.6 is 0 Å². The summed E-state index contributed by atoms with van der Waals surface area (Å²) >= 11 is 0. The fourth-order valence-electron chi connectivity index (χ4n) is 4.07. The number of aromatic nitrogens is 2. The molecule has 1 spiro atoms. The lowest BCUT2D eigenvalue weighted by Crippen LogP contribution is -2.50. The van der Waals surface area contributed by atoms with E-state index in [4.69, 9.17) is 9.47 Å². The van der Waals surface area contributed by atoms with Crippen LogP contribution in [0.4, 0.5) is 0 Å². The highest BCUT2D eigenvalue weighted by molar-refractivity contribution is 5.58. The quantitative estimate of drug-likeness (QED) is 0.927. The van der Waals surface area contributed by atoms with Crippen molar-refractivity contribution >= 4 is 0 Å². The Labute approximate surface area is 149 Å². The largest absolute Gasteiger partial charge is 0.381 e. The van der Waals surface area contributed by atoms with E-state index in [1.165, 1.54) is 0 Å². The first-order valence-corrected chi connectivity index (χ1v) is 9.26. The molecule has 0 radical (unpaired) electrons.